The molecule has 1 rings (SSSR count). The second-order valence-corrected chi connectivity index (χ2v) is 5.84. The van der Waals surface area contributed by atoms with Crippen molar-refractivity contribution in [2.45, 2.75) is 52.9 Å². The first-order valence-electron chi connectivity index (χ1n) is 6.68. The maximum atomic E-state index is 9.29. The molecule has 0 bridgehead atoms. The summed E-state index contributed by atoms with van der Waals surface area (Å²) in [5, 5.41) is 9.29. The van der Waals surface area contributed by atoms with Gasteiger partial charge in [-0.15, -0.1) is 0 Å². The van der Waals surface area contributed by atoms with Crippen LogP contribution in [-0.2, 0) is 6.42 Å². The molecule has 0 aliphatic rings. The minimum absolute atomic E-state index is 0.225. The molecule has 1 atom stereocenters. The van der Waals surface area contributed by atoms with E-state index in [2.05, 4.69) is 52.8 Å². The van der Waals surface area contributed by atoms with Crippen LogP contribution in [0.2, 0.25) is 0 Å². The Labute approximate surface area is 106 Å². The molecule has 0 aliphatic carbocycles. The lowest BCUT2D eigenvalue weighted by atomic mass is 9.90. The molecular weight excluding hydrogens is 208 g/mol. The molecule has 0 heterocycles. The number of aliphatic hydroxyl groups is 1. The number of hydrogen-bond donors (Lipinski definition) is 1. The summed E-state index contributed by atoms with van der Waals surface area (Å²) in [5.41, 5.74) is 4.06. The van der Waals surface area contributed by atoms with Gasteiger partial charge in [-0.2, -0.15) is 0 Å². The summed E-state index contributed by atoms with van der Waals surface area (Å²) < 4.78 is 0. The average Bonchev–Trinajstić information content (AvgIpc) is 2.26. The fourth-order valence-electron chi connectivity index (χ4n) is 2.06. The minimum atomic E-state index is 0.225. The van der Waals surface area contributed by atoms with Crippen molar-refractivity contribution >= 4 is 0 Å². The van der Waals surface area contributed by atoms with Gasteiger partial charge in [0.1, 0.15) is 0 Å². The van der Waals surface area contributed by atoms with Gasteiger partial charge >= 0.3 is 0 Å². The Morgan fingerprint density at radius 3 is 2.00 bits per heavy atom. The highest BCUT2D eigenvalue weighted by molar-refractivity contribution is 5.34. The Morgan fingerprint density at radius 2 is 1.53 bits per heavy atom. The molecule has 96 valence electrons. The van der Waals surface area contributed by atoms with E-state index in [-0.39, 0.29) is 12.5 Å². The van der Waals surface area contributed by atoms with Crippen LogP contribution in [0.25, 0.3) is 0 Å². The van der Waals surface area contributed by atoms with E-state index in [1.807, 2.05) is 0 Å². The highest BCUT2D eigenvalue weighted by Crippen LogP contribution is 2.24. The molecule has 1 aromatic carbocycles. The van der Waals surface area contributed by atoms with Crippen molar-refractivity contribution in [2.24, 2.45) is 5.92 Å². The molecule has 1 N–H and O–H groups in total. The van der Waals surface area contributed by atoms with Crippen LogP contribution in [-0.4, -0.2) is 11.7 Å². The van der Waals surface area contributed by atoms with Crippen LogP contribution in [0.5, 0.6) is 0 Å². The van der Waals surface area contributed by atoms with Crippen molar-refractivity contribution < 1.29 is 5.11 Å². The first-order chi connectivity index (χ1) is 7.93. The summed E-state index contributed by atoms with van der Waals surface area (Å²) in [5.74, 6) is 1.46. The normalized spacial score (nSPS) is 13.4. The molecule has 1 heteroatoms. The fraction of sp³-hybridized carbons (Fsp3) is 0.625. The molecule has 0 amide bonds. The first kappa shape index (κ1) is 14.2. The van der Waals surface area contributed by atoms with Crippen LogP contribution in [0.1, 0.15) is 63.1 Å². The van der Waals surface area contributed by atoms with E-state index in [4.69, 9.17) is 0 Å². The van der Waals surface area contributed by atoms with Crippen LogP contribution in [0, 0.1) is 5.92 Å². The highest BCUT2D eigenvalue weighted by Gasteiger charge is 2.10. The lowest BCUT2D eigenvalue weighted by Gasteiger charge is -2.16. The van der Waals surface area contributed by atoms with Crippen LogP contribution in [0.4, 0.5) is 0 Å². The van der Waals surface area contributed by atoms with E-state index in [9.17, 15) is 5.11 Å². The molecule has 1 nitrogen and oxygen atoms in total. The summed E-state index contributed by atoms with van der Waals surface area (Å²) in [6.45, 7) is 11.2. The van der Waals surface area contributed by atoms with Gasteiger partial charge in [0, 0.05) is 12.5 Å². The van der Waals surface area contributed by atoms with Gasteiger partial charge in [0.25, 0.3) is 0 Å². The quantitative estimate of drug-likeness (QED) is 0.813. The van der Waals surface area contributed by atoms with Crippen LogP contribution < -0.4 is 0 Å². The summed E-state index contributed by atoms with van der Waals surface area (Å²) in [6, 6.07) is 6.82. The number of rotatable bonds is 5. The van der Waals surface area contributed by atoms with Crippen molar-refractivity contribution in [3.05, 3.63) is 34.9 Å². The van der Waals surface area contributed by atoms with Crippen LogP contribution in [0.3, 0.4) is 0 Å². The lowest BCUT2D eigenvalue weighted by Crippen LogP contribution is -2.04. The van der Waals surface area contributed by atoms with Gasteiger partial charge in [-0.25, -0.2) is 0 Å². The smallest absolute Gasteiger partial charge is 0.0497 e. The number of aliphatic hydroxyl groups excluding tert-OH is 1. The summed E-state index contributed by atoms with van der Waals surface area (Å²) in [7, 11) is 0. The fourth-order valence-corrected chi connectivity index (χ4v) is 2.06. The topological polar surface area (TPSA) is 20.2 Å². The van der Waals surface area contributed by atoms with E-state index in [1.54, 1.807) is 0 Å². The first-order valence-corrected chi connectivity index (χ1v) is 6.68. The zero-order valence-corrected chi connectivity index (χ0v) is 11.8. The minimum Gasteiger partial charge on any atom is -0.396 e. The third-order valence-electron chi connectivity index (χ3n) is 3.19. The standard InChI is InChI=1S/C16H26O/c1-11(2)6-14-7-15(12(3)4)9-16(8-14)13(5)10-17/h7-9,11-13,17H,6,10H2,1-5H3. The van der Waals surface area contributed by atoms with Crippen molar-refractivity contribution in [2.75, 3.05) is 6.61 Å². The maximum Gasteiger partial charge on any atom is 0.0497 e. The maximum absolute atomic E-state index is 9.29. The Balaban J connectivity index is 3.09. The van der Waals surface area contributed by atoms with Crippen LogP contribution in [0.15, 0.2) is 18.2 Å². The predicted octanol–water partition coefficient (Wildman–Crippen LogP) is 4.10. The Morgan fingerprint density at radius 1 is 0.941 bits per heavy atom. The molecule has 0 saturated carbocycles. The number of hydrogen-bond acceptors (Lipinski definition) is 1. The molecule has 1 aromatic rings. The van der Waals surface area contributed by atoms with Crippen molar-refractivity contribution in [3.8, 4) is 0 Å². The molecular formula is C16H26O. The SMILES string of the molecule is CC(C)Cc1cc(C(C)C)cc(C(C)CO)c1. The van der Waals surface area contributed by atoms with Gasteiger partial charge < -0.3 is 5.11 Å². The largest absolute Gasteiger partial charge is 0.396 e. The summed E-state index contributed by atoms with van der Waals surface area (Å²) in [4.78, 5) is 0. The van der Waals surface area contributed by atoms with E-state index in [0.29, 0.717) is 11.8 Å². The Bertz CT molecular complexity index is 353. The average molecular weight is 234 g/mol. The second-order valence-electron chi connectivity index (χ2n) is 5.84. The van der Waals surface area contributed by atoms with Gasteiger partial charge in [-0.05, 0) is 34.9 Å². The van der Waals surface area contributed by atoms with Crippen molar-refractivity contribution in [1.82, 2.24) is 0 Å². The molecule has 0 radical (unpaired) electrons. The lowest BCUT2D eigenvalue weighted by molar-refractivity contribution is 0.273. The van der Waals surface area contributed by atoms with E-state index in [0.717, 1.165) is 6.42 Å². The second kappa shape index (κ2) is 6.20. The van der Waals surface area contributed by atoms with Crippen molar-refractivity contribution in [3.63, 3.8) is 0 Å². The molecule has 0 spiro atoms. The third kappa shape index (κ3) is 4.16. The Kier molecular flexibility index (Phi) is 5.20. The van der Waals surface area contributed by atoms with Crippen molar-refractivity contribution in [1.29, 1.82) is 0 Å². The number of benzene rings is 1. The highest BCUT2D eigenvalue weighted by atomic mass is 16.3. The van der Waals surface area contributed by atoms with E-state index < -0.39 is 0 Å². The molecule has 0 saturated heterocycles. The zero-order valence-electron chi connectivity index (χ0n) is 11.8. The van der Waals surface area contributed by atoms with Gasteiger partial charge in [0.15, 0.2) is 0 Å². The van der Waals surface area contributed by atoms with Gasteiger partial charge in [0.2, 0.25) is 0 Å². The molecule has 0 fully saturated rings. The zero-order chi connectivity index (χ0) is 13.0. The van der Waals surface area contributed by atoms with E-state index in [1.165, 1.54) is 16.7 Å². The molecule has 17 heavy (non-hydrogen) atoms. The predicted molar refractivity (Wildman–Crippen MR) is 74.6 cm³/mol. The monoisotopic (exact) mass is 234 g/mol. The Hall–Kier alpha value is -0.820. The van der Waals surface area contributed by atoms with E-state index >= 15 is 0 Å². The van der Waals surface area contributed by atoms with Gasteiger partial charge in [0.05, 0.1) is 0 Å². The summed E-state index contributed by atoms with van der Waals surface area (Å²) in [6.07, 6.45) is 1.12. The van der Waals surface area contributed by atoms with Crippen LogP contribution >= 0.6 is 0 Å². The molecule has 0 aromatic heterocycles. The van der Waals surface area contributed by atoms with Gasteiger partial charge in [-0.3, -0.25) is 0 Å². The summed E-state index contributed by atoms with van der Waals surface area (Å²) >= 11 is 0. The molecule has 0 aliphatic heterocycles. The third-order valence-corrected chi connectivity index (χ3v) is 3.19. The van der Waals surface area contributed by atoms with Gasteiger partial charge in [-0.1, -0.05) is 52.8 Å². The molecule has 1 unspecified atom stereocenters.